The number of amides is 1. The van der Waals surface area contributed by atoms with Gasteiger partial charge in [-0.1, -0.05) is 0 Å². The third-order valence-electron chi connectivity index (χ3n) is 3.32. The van der Waals surface area contributed by atoms with Crippen molar-refractivity contribution in [3.8, 4) is 0 Å². The average Bonchev–Trinajstić information content (AvgIpc) is 2.64. The van der Waals surface area contributed by atoms with Crippen molar-refractivity contribution in [2.45, 2.75) is 55.9 Å². The molecule has 10 N–H and O–H groups in total. The number of carboxylic acid groups (broad SMARTS) is 2. The van der Waals surface area contributed by atoms with Crippen LogP contribution < -0.4 is 11.1 Å². The third-order valence-corrected chi connectivity index (χ3v) is 3.32. The van der Waals surface area contributed by atoms with E-state index in [0.717, 1.165) is 0 Å². The van der Waals surface area contributed by atoms with Gasteiger partial charge >= 0.3 is 18.1 Å². The van der Waals surface area contributed by atoms with Crippen molar-refractivity contribution in [3.63, 3.8) is 0 Å². The van der Waals surface area contributed by atoms with Crippen LogP contribution in [0.1, 0.15) is 19.3 Å². The number of aliphatic carboxylic acids is 2. The number of aliphatic hydroxyl groups excluding tert-OH is 5. The van der Waals surface area contributed by atoms with Crippen molar-refractivity contribution >= 4 is 17.8 Å². The van der Waals surface area contributed by atoms with Crippen molar-refractivity contribution in [3.05, 3.63) is 0 Å². The van der Waals surface area contributed by atoms with Crippen molar-refractivity contribution in [2.24, 2.45) is 5.73 Å². The lowest BCUT2D eigenvalue weighted by molar-refractivity contribution is -0.192. The van der Waals surface area contributed by atoms with Crippen LogP contribution in [0.5, 0.6) is 0 Å². The standard InChI is InChI=1S/C12H24N2O8.C2HF3O2/c13-6(12(21)22)3-1-2-4-14-11(20)10(19)9(18)8(17)7(16)5-15;3-2(4,5)1(6)7/h6-10,15-19H,1-5,13H2,(H,14,20)(H,21,22);(H,6,7)/t6-,7+,8+,9-,10+;/m0./s1. The quantitative estimate of drug-likeness (QED) is 0.145. The molecule has 0 unspecified atom stereocenters. The van der Waals surface area contributed by atoms with E-state index in [0.29, 0.717) is 12.8 Å². The van der Waals surface area contributed by atoms with E-state index in [1.165, 1.54) is 0 Å². The minimum atomic E-state index is -5.08. The van der Waals surface area contributed by atoms with Crippen LogP contribution in [0.25, 0.3) is 0 Å². The normalized spacial score (nSPS) is 16.4. The minimum Gasteiger partial charge on any atom is -0.480 e. The van der Waals surface area contributed by atoms with E-state index in [1.807, 2.05) is 0 Å². The van der Waals surface area contributed by atoms with Gasteiger partial charge < -0.3 is 46.8 Å². The summed E-state index contributed by atoms with van der Waals surface area (Å²) in [6.07, 6.45) is -11.5. The number of unbranched alkanes of at least 4 members (excludes halogenated alkanes) is 1. The molecule has 0 aliphatic heterocycles. The predicted octanol–water partition coefficient (Wildman–Crippen LogP) is -3.25. The molecule has 0 aromatic rings. The SMILES string of the molecule is N[C@@H](CCCCNC(=O)[C@H](O)[C@@H](O)[C@H](O)[C@H](O)CO)C(=O)O.O=C(O)C(F)(F)F. The maximum Gasteiger partial charge on any atom is 0.490 e. The predicted molar refractivity (Wildman–Crippen MR) is 87.3 cm³/mol. The second kappa shape index (κ2) is 14.0. The van der Waals surface area contributed by atoms with Crippen LogP contribution in [0.4, 0.5) is 13.2 Å². The molecule has 0 radical (unpaired) electrons. The van der Waals surface area contributed by atoms with E-state index in [1.54, 1.807) is 0 Å². The molecular weight excluding hydrogens is 413 g/mol. The number of alkyl halides is 3. The first-order valence-corrected chi connectivity index (χ1v) is 8.06. The molecule has 0 aromatic heterocycles. The molecule has 0 spiro atoms. The van der Waals surface area contributed by atoms with Gasteiger partial charge in [-0.05, 0) is 19.3 Å². The van der Waals surface area contributed by atoms with Gasteiger partial charge in [0.05, 0.1) is 6.61 Å². The summed E-state index contributed by atoms with van der Waals surface area (Å²) < 4.78 is 31.7. The van der Waals surface area contributed by atoms with Gasteiger partial charge in [-0.3, -0.25) is 9.59 Å². The number of halogens is 3. The Morgan fingerprint density at radius 2 is 1.45 bits per heavy atom. The summed E-state index contributed by atoms with van der Waals surface area (Å²) in [6.45, 7) is -0.718. The molecule has 0 saturated carbocycles. The number of hydrogen-bond donors (Lipinski definition) is 9. The second-order valence-electron chi connectivity index (χ2n) is 5.71. The molecule has 0 rings (SSSR count). The molecule has 172 valence electrons. The number of hydrogen-bond acceptors (Lipinski definition) is 9. The minimum absolute atomic E-state index is 0.119. The Kier molecular flexibility index (Phi) is 14.1. The molecule has 0 aliphatic carbocycles. The first-order valence-electron chi connectivity index (χ1n) is 8.06. The number of rotatable bonds is 11. The van der Waals surface area contributed by atoms with Gasteiger partial charge in [-0.15, -0.1) is 0 Å². The lowest BCUT2D eigenvalue weighted by Gasteiger charge is -2.24. The molecule has 0 saturated heterocycles. The topological polar surface area (TPSA) is 231 Å². The molecule has 29 heavy (non-hydrogen) atoms. The van der Waals surface area contributed by atoms with Crippen LogP contribution in [0.15, 0.2) is 0 Å². The van der Waals surface area contributed by atoms with Crippen molar-refractivity contribution < 1.29 is 63.3 Å². The average molecular weight is 438 g/mol. The van der Waals surface area contributed by atoms with E-state index in [9.17, 15) is 38.1 Å². The fourth-order valence-electron chi connectivity index (χ4n) is 1.61. The summed E-state index contributed by atoms with van der Waals surface area (Å²) in [5.74, 6) is -4.83. The molecule has 0 aromatic carbocycles. The Morgan fingerprint density at radius 3 is 1.83 bits per heavy atom. The number of nitrogens with one attached hydrogen (secondary N) is 1. The fourth-order valence-corrected chi connectivity index (χ4v) is 1.61. The Labute approximate surface area is 162 Å². The van der Waals surface area contributed by atoms with Gasteiger partial charge in [-0.2, -0.15) is 13.2 Å². The van der Waals surface area contributed by atoms with E-state index in [2.05, 4.69) is 5.32 Å². The van der Waals surface area contributed by atoms with E-state index in [-0.39, 0.29) is 13.0 Å². The summed E-state index contributed by atoms with van der Waals surface area (Å²) in [6, 6.07) is -0.974. The van der Waals surface area contributed by atoms with Crippen LogP contribution >= 0.6 is 0 Å². The Hall–Kier alpha value is -2.04. The molecule has 0 heterocycles. The zero-order valence-corrected chi connectivity index (χ0v) is 15.0. The zero-order chi connectivity index (χ0) is 23.4. The fraction of sp³-hybridized carbons (Fsp3) is 0.786. The number of aliphatic hydroxyl groups is 5. The summed E-state index contributed by atoms with van der Waals surface area (Å²) in [5.41, 5.74) is 5.29. The number of carbonyl (C=O) groups excluding carboxylic acids is 1. The number of nitrogens with two attached hydrogens (primary N) is 1. The smallest absolute Gasteiger partial charge is 0.480 e. The second-order valence-corrected chi connectivity index (χ2v) is 5.71. The monoisotopic (exact) mass is 438 g/mol. The first-order chi connectivity index (χ1) is 13.2. The van der Waals surface area contributed by atoms with Crippen molar-refractivity contribution in [2.75, 3.05) is 13.2 Å². The Morgan fingerprint density at radius 1 is 0.966 bits per heavy atom. The highest BCUT2D eigenvalue weighted by atomic mass is 19.4. The number of carbonyl (C=O) groups is 3. The molecule has 0 fully saturated rings. The molecule has 0 aliphatic rings. The zero-order valence-electron chi connectivity index (χ0n) is 15.0. The van der Waals surface area contributed by atoms with Crippen molar-refractivity contribution in [1.29, 1.82) is 0 Å². The Balaban J connectivity index is 0. The van der Waals surface area contributed by atoms with Gasteiger partial charge in [0, 0.05) is 6.54 Å². The van der Waals surface area contributed by atoms with Crippen LogP contribution in [-0.4, -0.2) is 103 Å². The first kappa shape index (κ1) is 29.2. The van der Waals surface area contributed by atoms with Gasteiger partial charge in [0.15, 0.2) is 6.10 Å². The highest BCUT2D eigenvalue weighted by molar-refractivity contribution is 5.81. The molecular formula is C14H25F3N2O10. The number of carboxylic acids is 2. The molecule has 5 atom stereocenters. The summed E-state index contributed by atoms with van der Waals surface area (Å²) >= 11 is 0. The molecule has 12 nitrogen and oxygen atoms in total. The lowest BCUT2D eigenvalue weighted by atomic mass is 10.0. The molecule has 15 heteroatoms. The van der Waals surface area contributed by atoms with E-state index < -0.39 is 61.1 Å². The largest absolute Gasteiger partial charge is 0.490 e. The lowest BCUT2D eigenvalue weighted by Crippen LogP contribution is -2.51. The third kappa shape index (κ3) is 12.9. The Bertz CT molecular complexity index is 520. The molecule has 0 bridgehead atoms. The highest BCUT2D eigenvalue weighted by Gasteiger charge is 2.38. The van der Waals surface area contributed by atoms with Gasteiger partial charge in [0.2, 0.25) is 0 Å². The highest BCUT2D eigenvalue weighted by Crippen LogP contribution is 2.13. The summed E-state index contributed by atoms with van der Waals surface area (Å²) in [5, 5.41) is 64.0. The van der Waals surface area contributed by atoms with Gasteiger partial charge in [0.25, 0.3) is 5.91 Å². The van der Waals surface area contributed by atoms with Crippen molar-refractivity contribution in [1.82, 2.24) is 5.32 Å². The van der Waals surface area contributed by atoms with Crippen LogP contribution in [0.3, 0.4) is 0 Å². The van der Waals surface area contributed by atoms with E-state index >= 15 is 0 Å². The van der Waals surface area contributed by atoms with Crippen LogP contribution in [-0.2, 0) is 14.4 Å². The van der Waals surface area contributed by atoms with Crippen LogP contribution in [0, 0.1) is 0 Å². The summed E-state index contributed by atoms with van der Waals surface area (Å²) in [7, 11) is 0. The van der Waals surface area contributed by atoms with Gasteiger partial charge in [-0.25, -0.2) is 4.79 Å². The van der Waals surface area contributed by atoms with Gasteiger partial charge in [0.1, 0.15) is 24.4 Å². The maximum atomic E-state index is 11.5. The maximum absolute atomic E-state index is 11.5. The summed E-state index contributed by atoms with van der Waals surface area (Å²) in [4.78, 5) is 30.9. The van der Waals surface area contributed by atoms with E-state index in [4.69, 9.17) is 31.0 Å². The molecule has 1 amide bonds. The van der Waals surface area contributed by atoms with Crippen LogP contribution in [0.2, 0.25) is 0 Å².